The van der Waals surface area contributed by atoms with Crippen LogP contribution in [0.15, 0.2) is 0 Å². The molecule has 0 fully saturated rings. The molecule has 2 nitrogen and oxygen atoms in total. The average molecular weight is 198 g/mol. The van der Waals surface area contributed by atoms with Crippen molar-refractivity contribution in [1.29, 1.82) is 0 Å². The zero-order valence-corrected chi connectivity index (χ0v) is 9.80. The molecule has 0 spiro atoms. The molecule has 2 heteroatoms. The van der Waals surface area contributed by atoms with E-state index in [9.17, 15) is 9.59 Å². The van der Waals surface area contributed by atoms with E-state index in [0.717, 1.165) is 19.3 Å². The summed E-state index contributed by atoms with van der Waals surface area (Å²) < 4.78 is 0. The Kier molecular flexibility index (Phi) is 6.43. The Bertz CT molecular complexity index is 196. The summed E-state index contributed by atoms with van der Waals surface area (Å²) in [6.45, 7) is 7.59. The van der Waals surface area contributed by atoms with Gasteiger partial charge in [0, 0.05) is 18.3 Å². The second kappa shape index (κ2) is 6.74. The third-order valence-corrected chi connectivity index (χ3v) is 2.97. The molecular weight excluding hydrogens is 176 g/mol. The van der Waals surface area contributed by atoms with E-state index in [1.165, 1.54) is 0 Å². The van der Waals surface area contributed by atoms with Crippen LogP contribution < -0.4 is 0 Å². The fourth-order valence-electron chi connectivity index (χ4n) is 1.49. The normalized spacial score (nSPS) is 14.9. The topological polar surface area (TPSA) is 34.1 Å². The maximum absolute atomic E-state index is 11.5. The molecule has 82 valence electrons. The van der Waals surface area contributed by atoms with Crippen molar-refractivity contribution >= 4 is 11.6 Å². The summed E-state index contributed by atoms with van der Waals surface area (Å²) in [5.41, 5.74) is 0. The first-order valence-corrected chi connectivity index (χ1v) is 5.56. The molecule has 0 rings (SSSR count). The Hall–Kier alpha value is -0.660. The van der Waals surface area contributed by atoms with E-state index < -0.39 is 0 Å². The van der Waals surface area contributed by atoms with Crippen molar-refractivity contribution in [2.45, 2.75) is 53.4 Å². The second-order valence-corrected chi connectivity index (χ2v) is 4.03. The third-order valence-electron chi connectivity index (χ3n) is 2.97. The highest BCUT2D eigenvalue weighted by Crippen LogP contribution is 2.15. The first kappa shape index (κ1) is 13.3. The molecule has 0 bridgehead atoms. The predicted molar refractivity (Wildman–Crippen MR) is 58.2 cm³/mol. The van der Waals surface area contributed by atoms with Gasteiger partial charge in [-0.3, -0.25) is 9.59 Å². The molecule has 0 aromatic carbocycles. The lowest BCUT2D eigenvalue weighted by Crippen LogP contribution is -2.15. The predicted octanol–water partition coefficient (Wildman–Crippen LogP) is 3.00. The van der Waals surface area contributed by atoms with Crippen LogP contribution in [-0.4, -0.2) is 11.6 Å². The maximum Gasteiger partial charge on any atom is 0.135 e. The molecule has 0 aromatic rings. The van der Waals surface area contributed by atoms with Crippen LogP contribution in [0.5, 0.6) is 0 Å². The summed E-state index contributed by atoms with van der Waals surface area (Å²) in [5.74, 6) is 0.749. The number of carbonyl (C=O) groups is 2. The minimum absolute atomic E-state index is 0.0861. The highest BCUT2D eigenvalue weighted by molar-refractivity contribution is 5.82. The van der Waals surface area contributed by atoms with Crippen molar-refractivity contribution in [2.75, 3.05) is 0 Å². The van der Waals surface area contributed by atoms with Gasteiger partial charge in [-0.15, -0.1) is 0 Å². The van der Waals surface area contributed by atoms with E-state index in [2.05, 4.69) is 0 Å². The molecule has 0 aliphatic heterocycles. The van der Waals surface area contributed by atoms with Crippen LogP contribution in [0.2, 0.25) is 0 Å². The lowest BCUT2D eigenvalue weighted by Gasteiger charge is -2.12. The van der Waals surface area contributed by atoms with Crippen LogP contribution >= 0.6 is 0 Å². The van der Waals surface area contributed by atoms with Crippen LogP contribution in [0.1, 0.15) is 53.4 Å². The van der Waals surface area contributed by atoms with Gasteiger partial charge in [0.15, 0.2) is 0 Å². The highest BCUT2D eigenvalue weighted by Gasteiger charge is 2.16. The number of Topliss-reactive ketones (excluding diaryl/α,β-unsaturated/α-hetero) is 2. The van der Waals surface area contributed by atoms with E-state index in [0.29, 0.717) is 12.2 Å². The zero-order valence-electron chi connectivity index (χ0n) is 9.80. The van der Waals surface area contributed by atoms with Gasteiger partial charge < -0.3 is 0 Å². The van der Waals surface area contributed by atoms with Crippen molar-refractivity contribution in [3.8, 4) is 0 Å². The third kappa shape index (κ3) is 4.54. The number of rotatable bonds is 7. The van der Waals surface area contributed by atoms with Crippen LogP contribution in [0.25, 0.3) is 0 Å². The molecule has 0 aliphatic carbocycles. The summed E-state index contributed by atoms with van der Waals surface area (Å²) >= 11 is 0. The Balaban J connectivity index is 3.91. The summed E-state index contributed by atoms with van der Waals surface area (Å²) in [7, 11) is 0. The second-order valence-electron chi connectivity index (χ2n) is 4.03. The quantitative estimate of drug-likeness (QED) is 0.630. The fourth-order valence-corrected chi connectivity index (χ4v) is 1.49. The van der Waals surface area contributed by atoms with Gasteiger partial charge in [-0.05, 0) is 26.2 Å². The molecular formula is C12H22O2. The van der Waals surface area contributed by atoms with Gasteiger partial charge in [-0.25, -0.2) is 0 Å². The minimum atomic E-state index is 0.0861. The van der Waals surface area contributed by atoms with Crippen molar-refractivity contribution in [2.24, 2.45) is 11.8 Å². The summed E-state index contributed by atoms with van der Waals surface area (Å²) in [6.07, 6.45) is 3.04. The van der Waals surface area contributed by atoms with Gasteiger partial charge in [0.25, 0.3) is 0 Å². The van der Waals surface area contributed by atoms with Crippen LogP contribution in [0, 0.1) is 11.8 Å². The number of ketones is 2. The SMILES string of the molecule is CCC(C)C(=O)CCC(CC)C(C)=O. The smallest absolute Gasteiger partial charge is 0.135 e. The van der Waals surface area contributed by atoms with E-state index in [-0.39, 0.29) is 17.6 Å². The largest absolute Gasteiger partial charge is 0.300 e. The summed E-state index contributed by atoms with van der Waals surface area (Å²) in [6, 6.07) is 0. The van der Waals surface area contributed by atoms with Crippen molar-refractivity contribution in [3.63, 3.8) is 0 Å². The Morgan fingerprint density at radius 1 is 1.14 bits per heavy atom. The number of hydrogen-bond donors (Lipinski definition) is 0. The van der Waals surface area contributed by atoms with Crippen molar-refractivity contribution in [3.05, 3.63) is 0 Å². The minimum Gasteiger partial charge on any atom is -0.300 e. The Labute approximate surface area is 87.1 Å². The highest BCUT2D eigenvalue weighted by atomic mass is 16.1. The number of hydrogen-bond acceptors (Lipinski definition) is 2. The Morgan fingerprint density at radius 3 is 2.07 bits per heavy atom. The molecule has 0 heterocycles. The monoisotopic (exact) mass is 198 g/mol. The van der Waals surface area contributed by atoms with Crippen LogP contribution in [0.4, 0.5) is 0 Å². The van der Waals surface area contributed by atoms with Crippen molar-refractivity contribution in [1.82, 2.24) is 0 Å². The van der Waals surface area contributed by atoms with Gasteiger partial charge in [-0.2, -0.15) is 0 Å². The summed E-state index contributed by atoms with van der Waals surface area (Å²) in [4.78, 5) is 22.6. The van der Waals surface area contributed by atoms with Gasteiger partial charge in [0.05, 0.1) is 0 Å². The number of carbonyl (C=O) groups excluding carboxylic acids is 2. The lowest BCUT2D eigenvalue weighted by atomic mass is 9.91. The molecule has 2 unspecified atom stereocenters. The van der Waals surface area contributed by atoms with E-state index in [4.69, 9.17) is 0 Å². The standard InChI is InChI=1S/C12H22O2/c1-5-9(3)12(14)8-7-11(6-2)10(4)13/h9,11H,5-8H2,1-4H3. The van der Waals surface area contributed by atoms with Crippen LogP contribution in [0.3, 0.4) is 0 Å². The van der Waals surface area contributed by atoms with Gasteiger partial charge >= 0.3 is 0 Å². The summed E-state index contributed by atoms with van der Waals surface area (Å²) in [5, 5.41) is 0. The fraction of sp³-hybridized carbons (Fsp3) is 0.833. The van der Waals surface area contributed by atoms with Gasteiger partial charge in [-0.1, -0.05) is 20.8 Å². The first-order valence-electron chi connectivity index (χ1n) is 5.56. The molecule has 0 aliphatic rings. The lowest BCUT2D eigenvalue weighted by molar-refractivity contribution is -0.124. The molecule has 0 saturated heterocycles. The van der Waals surface area contributed by atoms with Gasteiger partial charge in [0.1, 0.15) is 11.6 Å². The molecule has 0 radical (unpaired) electrons. The van der Waals surface area contributed by atoms with Crippen molar-refractivity contribution < 1.29 is 9.59 Å². The molecule has 2 atom stereocenters. The molecule has 0 N–H and O–H groups in total. The molecule has 0 aromatic heterocycles. The van der Waals surface area contributed by atoms with Crippen LogP contribution in [-0.2, 0) is 9.59 Å². The molecule has 14 heavy (non-hydrogen) atoms. The zero-order chi connectivity index (χ0) is 11.1. The van der Waals surface area contributed by atoms with Gasteiger partial charge in [0.2, 0.25) is 0 Å². The maximum atomic E-state index is 11.5. The molecule has 0 saturated carbocycles. The van der Waals surface area contributed by atoms with E-state index in [1.807, 2.05) is 20.8 Å². The first-order chi connectivity index (χ1) is 6.52. The average Bonchev–Trinajstić information content (AvgIpc) is 2.16. The molecule has 0 amide bonds. The Morgan fingerprint density at radius 2 is 1.71 bits per heavy atom. The van der Waals surface area contributed by atoms with E-state index in [1.54, 1.807) is 6.92 Å². The van der Waals surface area contributed by atoms with E-state index >= 15 is 0 Å².